The Kier molecular flexibility index (Phi) is 6.08. The molecular weight excluding hydrogens is 377 g/mol. The first-order valence-corrected chi connectivity index (χ1v) is 8.45. The highest BCUT2D eigenvalue weighted by molar-refractivity contribution is 9.10. The number of nitrogens with one attached hydrogen (secondary N) is 1. The summed E-state index contributed by atoms with van der Waals surface area (Å²) in [6.07, 6.45) is 0. The molecule has 110 valence electrons. The van der Waals surface area contributed by atoms with Gasteiger partial charge >= 0.3 is 0 Å². The summed E-state index contributed by atoms with van der Waals surface area (Å²) in [7, 11) is 0. The van der Waals surface area contributed by atoms with E-state index in [4.69, 9.17) is 11.6 Å². The number of carbonyl (C=O) groups is 1. The minimum absolute atomic E-state index is 0.134. The minimum atomic E-state index is -0.345. The monoisotopic (exact) mass is 387 g/mol. The molecule has 0 aliphatic rings. The summed E-state index contributed by atoms with van der Waals surface area (Å²) < 4.78 is 14.5. The van der Waals surface area contributed by atoms with E-state index in [0.29, 0.717) is 16.3 Å². The van der Waals surface area contributed by atoms with Gasteiger partial charge in [0.25, 0.3) is 0 Å². The van der Waals surface area contributed by atoms with Crippen LogP contribution in [0.2, 0.25) is 5.02 Å². The summed E-state index contributed by atoms with van der Waals surface area (Å²) in [6.45, 7) is 0. The van der Waals surface area contributed by atoms with Gasteiger partial charge in [-0.15, -0.1) is 11.8 Å². The molecule has 0 aliphatic heterocycles. The molecule has 0 spiro atoms. The first-order valence-electron chi connectivity index (χ1n) is 6.12. The highest BCUT2D eigenvalue weighted by Crippen LogP contribution is 2.24. The molecule has 2 aromatic rings. The highest BCUT2D eigenvalue weighted by Gasteiger charge is 2.09. The van der Waals surface area contributed by atoms with Crippen molar-refractivity contribution in [3.63, 3.8) is 0 Å². The Balaban J connectivity index is 1.85. The summed E-state index contributed by atoms with van der Waals surface area (Å²) >= 11 is 10.6. The first kappa shape index (κ1) is 16.3. The van der Waals surface area contributed by atoms with Gasteiger partial charge in [0.05, 0.1) is 5.75 Å². The number of anilines is 1. The van der Waals surface area contributed by atoms with E-state index in [1.807, 2.05) is 18.2 Å². The van der Waals surface area contributed by atoms with Crippen LogP contribution in [-0.2, 0) is 10.5 Å². The van der Waals surface area contributed by atoms with Crippen LogP contribution in [0.5, 0.6) is 0 Å². The number of halogens is 3. The Labute approximate surface area is 140 Å². The lowest BCUT2D eigenvalue weighted by atomic mass is 10.2. The Morgan fingerprint density at radius 3 is 2.76 bits per heavy atom. The molecule has 0 fully saturated rings. The summed E-state index contributed by atoms with van der Waals surface area (Å²) in [4.78, 5) is 11.8. The topological polar surface area (TPSA) is 29.1 Å². The van der Waals surface area contributed by atoms with Gasteiger partial charge in [0, 0.05) is 26.5 Å². The average Bonchev–Trinajstić information content (AvgIpc) is 2.42. The highest BCUT2D eigenvalue weighted by atomic mass is 79.9. The van der Waals surface area contributed by atoms with Crippen molar-refractivity contribution >= 4 is 50.9 Å². The van der Waals surface area contributed by atoms with E-state index in [1.165, 1.54) is 17.8 Å². The second kappa shape index (κ2) is 7.82. The molecule has 1 amide bonds. The van der Waals surface area contributed by atoms with Crippen LogP contribution in [0.3, 0.4) is 0 Å². The number of carbonyl (C=O) groups excluding carboxylic acids is 1. The Morgan fingerprint density at radius 1 is 1.29 bits per heavy atom. The van der Waals surface area contributed by atoms with E-state index >= 15 is 0 Å². The smallest absolute Gasteiger partial charge is 0.234 e. The zero-order valence-electron chi connectivity index (χ0n) is 10.9. The average molecular weight is 389 g/mol. The summed E-state index contributed by atoms with van der Waals surface area (Å²) in [5, 5.41) is 3.17. The molecule has 2 nitrogen and oxygen atoms in total. The minimum Gasteiger partial charge on any atom is -0.325 e. The van der Waals surface area contributed by atoms with Crippen molar-refractivity contribution in [3.8, 4) is 0 Å². The van der Waals surface area contributed by atoms with Gasteiger partial charge in [-0.05, 0) is 30.3 Å². The van der Waals surface area contributed by atoms with Crippen LogP contribution in [0.25, 0.3) is 0 Å². The molecule has 0 radical (unpaired) electrons. The molecule has 0 atom stereocenters. The molecule has 0 saturated heterocycles. The third-order valence-electron chi connectivity index (χ3n) is 2.65. The van der Waals surface area contributed by atoms with Crippen LogP contribution in [0.1, 0.15) is 5.56 Å². The molecule has 2 aromatic carbocycles. The lowest BCUT2D eigenvalue weighted by molar-refractivity contribution is -0.113. The zero-order chi connectivity index (χ0) is 15.2. The maximum atomic E-state index is 13.6. The standard InChI is InChI=1S/C15H12BrClFNOS/c16-10-3-1-4-11(7-10)19-15(20)9-21-8-12-13(17)5-2-6-14(12)18/h1-7H,8-9H2,(H,19,20). The summed E-state index contributed by atoms with van der Waals surface area (Å²) in [5.41, 5.74) is 1.15. The molecule has 1 N–H and O–H groups in total. The van der Waals surface area contributed by atoms with Crippen LogP contribution >= 0.6 is 39.3 Å². The number of thioether (sulfide) groups is 1. The quantitative estimate of drug-likeness (QED) is 0.771. The number of amides is 1. The predicted molar refractivity (Wildman–Crippen MR) is 90.3 cm³/mol. The lowest BCUT2D eigenvalue weighted by Gasteiger charge is -2.07. The van der Waals surface area contributed by atoms with Crippen molar-refractivity contribution in [2.24, 2.45) is 0 Å². The van der Waals surface area contributed by atoms with Gasteiger partial charge in [-0.2, -0.15) is 0 Å². The summed E-state index contributed by atoms with van der Waals surface area (Å²) in [5.74, 6) is 0.113. The van der Waals surface area contributed by atoms with Crippen molar-refractivity contribution in [1.29, 1.82) is 0 Å². The lowest BCUT2D eigenvalue weighted by Crippen LogP contribution is -2.14. The van der Waals surface area contributed by atoms with E-state index in [9.17, 15) is 9.18 Å². The van der Waals surface area contributed by atoms with Crippen molar-refractivity contribution < 1.29 is 9.18 Å². The molecule has 0 saturated carbocycles. The normalized spacial score (nSPS) is 10.4. The maximum Gasteiger partial charge on any atom is 0.234 e. The number of hydrogen-bond acceptors (Lipinski definition) is 2. The molecule has 0 aliphatic carbocycles. The van der Waals surface area contributed by atoms with Crippen LogP contribution in [0.15, 0.2) is 46.9 Å². The Bertz CT molecular complexity index is 633. The Morgan fingerprint density at radius 2 is 2.05 bits per heavy atom. The van der Waals surface area contributed by atoms with Gasteiger partial charge in [0.1, 0.15) is 5.82 Å². The number of hydrogen-bond donors (Lipinski definition) is 1. The molecular formula is C15H12BrClFNOS. The molecule has 21 heavy (non-hydrogen) atoms. The number of rotatable bonds is 5. The van der Waals surface area contributed by atoms with Gasteiger partial charge in [0.15, 0.2) is 0 Å². The van der Waals surface area contributed by atoms with Gasteiger partial charge in [0.2, 0.25) is 5.91 Å². The van der Waals surface area contributed by atoms with Crippen LogP contribution in [0, 0.1) is 5.82 Å². The van der Waals surface area contributed by atoms with Crippen molar-refractivity contribution in [3.05, 3.63) is 63.3 Å². The van der Waals surface area contributed by atoms with E-state index in [0.717, 1.165) is 10.2 Å². The molecule has 0 heterocycles. The van der Waals surface area contributed by atoms with Gasteiger partial charge in [-0.25, -0.2) is 4.39 Å². The SMILES string of the molecule is O=C(CSCc1c(F)cccc1Cl)Nc1cccc(Br)c1. The molecule has 6 heteroatoms. The predicted octanol–water partition coefficient (Wildman–Crippen LogP) is 5.11. The fourth-order valence-electron chi connectivity index (χ4n) is 1.68. The van der Waals surface area contributed by atoms with E-state index in [1.54, 1.807) is 18.2 Å². The maximum absolute atomic E-state index is 13.6. The molecule has 0 unspecified atom stereocenters. The third-order valence-corrected chi connectivity index (χ3v) is 4.46. The second-order valence-electron chi connectivity index (χ2n) is 4.25. The van der Waals surface area contributed by atoms with Crippen molar-refractivity contribution in [2.75, 3.05) is 11.1 Å². The molecule has 0 bridgehead atoms. The van der Waals surface area contributed by atoms with Gasteiger partial charge in [-0.3, -0.25) is 4.79 Å². The third kappa shape index (κ3) is 5.02. The van der Waals surface area contributed by atoms with Crippen LogP contribution in [-0.4, -0.2) is 11.7 Å². The first-order chi connectivity index (χ1) is 10.1. The van der Waals surface area contributed by atoms with Crippen molar-refractivity contribution in [2.45, 2.75) is 5.75 Å². The van der Waals surface area contributed by atoms with E-state index < -0.39 is 0 Å². The zero-order valence-corrected chi connectivity index (χ0v) is 14.1. The van der Waals surface area contributed by atoms with E-state index in [-0.39, 0.29) is 17.5 Å². The van der Waals surface area contributed by atoms with E-state index in [2.05, 4.69) is 21.2 Å². The summed E-state index contributed by atoms with van der Waals surface area (Å²) in [6, 6.07) is 11.9. The van der Waals surface area contributed by atoms with Crippen LogP contribution < -0.4 is 5.32 Å². The molecule has 2 rings (SSSR count). The van der Waals surface area contributed by atoms with Crippen LogP contribution in [0.4, 0.5) is 10.1 Å². The second-order valence-corrected chi connectivity index (χ2v) is 6.56. The Hall–Kier alpha value is -1.04. The van der Waals surface area contributed by atoms with Gasteiger partial charge in [-0.1, -0.05) is 39.7 Å². The fraction of sp³-hybridized carbons (Fsp3) is 0.133. The largest absolute Gasteiger partial charge is 0.325 e. The fourth-order valence-corrected chi connectivity index (χ4v) is 3.24. The van der Waals surface area contributed by atoms with Crippen molar-refractivity contribution in [1.82, 2.24) is 0 Å². The van der Waals surface area contributed by atoms with Gasteiger partial charge < -0.3 is 5.32 Å². The molecule has 0 aromatic heterocycles. The number of benzene rings is 2.